The molecule has 0 saturated heterocycles. The second kappa shape index (κ2) is 8.24. The minimum absolute atomic E-state index is 0.102. The first-order chi connectivity index (χ1) is 17.7. The second-order valence-electron chi connectivity index (χ2n) is 9.12. The number of hydrogen-bond acceptors (Lipinski definition) is 5. The Morgan fingerprint density at radius 2 is 1.56 bits per heavy atom. The number of aliphatic imine (C=N–C) groups is 1. The zero-order valence-electron chi connectivity index (χ0n) is 19.3. The molecule has 174 valence electrons. The van der Waals surface area contributed by atoms with Crippen LogP contribution in [0.15, 0.2) is 108 Å². The topological polar surface area (TPSA) is 63.9 Å². The lowest BCUT2D eigenvalue weighted by molar-refractivity contribution is 0.197. The molecule has 1 aliphatic heterocycles. The zero-order chi connectivity index (χ0) is 24.1. The van der Waals surface area contributed by atoms with Gasteiger partial charge >= 0.3 is 0 Å². The molecule has 5 heteroatoms. The van der Waals surface area contributed by atoms with Gasteiger partial charge in [-0.2, -0.15) is 0 Å². The number of hydrogen-bond donors (Lipinski definition) is 1. The van der Waals surface area contributed by atoms with E-state index in [0.29, 0.717) is 23.0 Å². The summed E-state index contributed by atoms with van der Waals surface area (Å²) in [5.74, 6) is 1.75. The number of phenols is 1. The van der Waals surface area contributed by atoms with Crippen molar-refractivity contribution in [2.75, 3.05) is 0 Å². The summed E-state index contributed by atoms with van der Waals surface area (Å²) in [5.41, 5.74) is 6.31. The number of fused-ring (bicyclic) bond motifs is 6. The van der Waals surface area contributed by atoms with Gasteiger partial charge in [0.2, 0.25) is 11.8 Å². The van der Waals surface area contributed by atoms with Crippen LogP contribution in [-0.4, -0.2) is 16.0 Å². The highest BCUT2D eigenvalue weighted by Gasteiger charge is 2.38. The number of aromatic nitrogens is 1. The quantitative estimate of drug-likeness (QED) is 0.312. The fourth-order valence-corrected chi connectivity index (χ4v) is 5.16. The molecule has 2 aliphatic rings. The van der Waals surface area contributed by atoms with Crippen molar-refractivity contribution >= 4 is 16.8 Å². The van der Waals surface area contributed by atoms with E-state index < -0.39 is 0 Å². The molecule has 2 heterocycles. The SMILES string of the molecule is Oc1cccc2ccc(Oc3cccc(C4=N[C@H]5c6ccccc6Cc6ccccc6[C@H]5O4)c3)nc12. The summed E-state index contributed by atoms with van der Waals surface area (Å²) < 4.78 is 12.6. The number of aromatic hydroxyl groups is 1. The third-order valence-electron chi connectivity index (χ3n) is 6.87. The van der Waals surface area contributed by atoms with Crippen LogP contribution in [0.3, 0.4) is 0 Å². The first-order valence-corrected chi connectivity index (χ1v) is 12.0. The maximum atomic E-state index is 10.2. The molecule has 5 nitrogen and oxygen atoms in total. The van der Waals surface area contributed by atoms with Gasteiger partial charge in [0.05, 0.1) is 0 Å². The molecule has 0 amide bonds. The van der Waals surface area contributed by atoms with E-state index in [9.17, 15) is 5.11 Å². The van der Waals surface area contributed by atoms with Gasteiger partial charge < -0.3 is 14.6 Å². The summed E-state index contributed by atoms with van der Waals surface area (Å²) in [6.07, 6.45) is 0.708. The Morgan fingerprint density at radius 3 is 2.44 bits per heavy atom. The largest absolute Gasteiger partial charge is 0.506 e. The first kappa shape index (κ1) is 20.7. The summed E-state index contributed by atoms with van der Waals surface area (Å²) >= 11 is 0. The molecule has 0 unspecified atom stereocenters. The van der Waals surface area contributed by atoms with Gasteiger partial charge in [0, 0.05) is 17.0 Å². The highest BCUT2D eigenvalue weighted by atomic mass is 16.5. The Morgan fingerprint density at radius 1 is 0.778 bits per heavy atom. The van der Waals surface area contributed by atoms with Crippen LogP contribution in [-0.2, 0) is 11.2 Å². The monoisotopic (exact) mass is 470 g/mol. The van der Waals surface area contributed by atoms with Gasteiger partial charge in [0.25, 0.3) is 0 Å². The minimum Gasteiger partial charge on any atom is -0.506 e. The Kier molecular flexibility index (Phi) is 4.74. The summed E-state index contributed by atoms with van der Waals surface area (Å²) in [6.45, 7) is 0. The van der Waals surface area contributed by atoms with Gasteiger partial charge in [-0.25, -0.2) is 9.98 Å². The van der Waals surface area contributed by atoms with E-state index in [2.05, 4.69) is 53.5 Å². The van der Waals surface area contributed by atoms with E-state index >= 15 is 0 Å². The minimum atomic E-state index is -0.172. The van der Waals surface area contributed by atoms with E-state index in [0.717, 1.165) is 17.4 Å². The summed E-state index contributed by atoms with van der Waals surface area (Å²) in [7, 11) is 0. The Bertz CT molecular complexity index is 1660. The lowest BCUT2D eigenvalue weighted by atomic mass is 9.97. The fraction of sp³-hybridized carbons (Fsp3) is 0.0968. The van der Waals surface area contributed by atoms with Crippen molar-refractivity contribution in [2.45, 2.75) is 18.6 Å². The maximum absolute atomic E-state index is 10.2. The molecule has 36 heavy (non-hydrogen) atoms. The maximum Gasteiger partial charge on any atom is 0.219 e. The summed E-state index contributed by atoms with van der Waals surface area (Å²) in [5, 5.41) is 11.0. The van der Waals surface area contributed by atoms with Crippen LogP contribution in [0.2, 0.25) is 0 Å². The van der Waals surface area contributed by atoms with Crippen LogP contribution < -0.4 is 4.74 Å². The molecule has 0 saturated carbocycles. The van der Waals surface area contributed by atoms with Gasteiger partial charge in [-0.15, -0.1) is 0 Å². The van der Waals surface area contributed by atoms with Gasteiger partial charge in [0.15, 0.2) is 6.10 Å². The van der Waals surface area contributed by atoms with Crippen molar-refractivity contribution in [3.05, 3.63) is 131 Å². The molecule has 0 bridgehead atoms. The number of ether oxygens (including phenoxy) is 2. The summed E-state index contributed by atoms with van der Waals surface area (Å²) in [4.78, 5) is 9.55. The van der Waals surface area contributed by atoms with Crippen LogP contribution >= 0.6 is 0 Å². The number of pyridine rings is 1. The molecule has 7 rings (SSSR count). The van der Waals surface area contributed by atoms with Gasteiger partial charge in [-0.05, 0) is 59.0 Å². The normalized spacial score (nSPS) is 17.8. The molecule has 5 aromatic rings. The molecule has 0 radical (unpaired) electrons. The Labute approximate surface area is 208 Å². The van der Waals surface area contributed by atoms with Crippen LogP contribution in [0.25, 0.3) is 10.9 Å². The predicted molar refractivity (Wildman–Crippen MR) is 139 cm³/mol. The first-order valence-electron chi connectivity index (χ1n) is 12.0. The molecule has 4 aromatic carbocycles. The number of benzene rings is 4. The standard InChI is InChI=1S/C31H22N2O3/c34-26-14-6-9-19-15-16-27(32-28(19)26)35-23-11-5-10-22(18-23)31-33-29-24-12-3-1-7-20(24)17-21-8-2-4-13-25(21)30(29)36-31/h1-16,18,29-30,34H,17H2/t29-,30+/m0/s1. The van der Waals surface area contributed by atoms with Gasteiger partial charge in [-0.1, -0.05) is 66.7 Å². The van der Waals surface area contributed by atoms with Crippen molar-refractivity contribution < 1.29 is 14.6 Å². The molecule has 0 fully saturated rings. The third-order valence-corrected chi connectivity index (χ3v) is 6.87. The number of para-hydroxylation sites is 1. The molecule has 1 aliphatic carbocycles. The van der Waals surface area contributed by atoms with Gasteiger partial charge in [-0.3, -0.25) is 0 Å². The molecule has 0 spiro atoms. The van der Waals surface area contributed by atoms with Gasteiger partial charge in [0.1, 0.15) is 23.1 Å². The van der Waals surface area contributed by atoms with Crippen molar-refractivity contribution in [1.29, 1.82) is 0 Å². The van der Waals surface area contributed by atoms with E-state index in [1.807, 2.05) is 36.4 Å². The Hall–Kier alpha value is -4.64. The molecular weight excluding hydrogens is 448 g/mol. The van der Waals surface area contributed by atoms with Crippen LogP contribution in [0.4, 0.5) is 0 Å². The molecular formula is C31H22N2O3. The number of nitrogens with zero attached hydrogens (tertiary/aromatic N) is 2. The lowest BCUT2D eigenvalue weighted by Gasteiger charge is -2.18. The van der Waals surface area contributed by atoms with Crippen molar-refractivity contribution in [1.82, 2.24) is 4.98 Å². The highest BCUT2D eigenvalue weighted by molar-refractivity contribution is 5.96. The van der Waals surface area contributed by atoms with E-state index in [-0.39, 0.29) is 17.9 Å². The summed E-state index contributed by atoms with van der Waals surface area (Å²) in [6, 6.07) is 33.6. The third kappa shape index (κ3) is 3.48. The van der Waals surface area contributed by atoms with Crippen LogP contribution in [0.1, 0.15) is 40.0 Å². The molecule has 1 N–H and O–H groups in total. The predicted octanol–water partition coefficient (Wildman–Crippen LogP) is 6.90. The van der Waals surface area contributed by atoms with Crippen molar-refractivity contribution in [3.63, 3.8) is 0 Å². The van der Waals surface area contributed by atoms with Crippen molar-refractivity contribution in [3.8, 4) is 17.4 Å². The van der Waals surface area contributed by atoms with Crippen molar-refractivity contribution in [2.24, 2.45) is 4.99 Å². The second-order valence-corrected chi connectivity index (χ2v) is 9.12. The Balaban J connectivity index is 1.24. The zero-order valence-corrected chi connectivity index (χ0v) is 19.3. The molecule has 1 aromatic heterocycles. The van der Waals surface area contributed by atoms with Crippen LogP contribution in [0, 0.1) is 0 Å². The van der Waals surface area contributed by atoms with Crippen LogP contribution in [0.5, 0.6) is 17.4 Å². The average Bonchev–Trinajstić information content (AvgIpc) is 3.30. The smallest absolute Gasteiger partial charge is 0.219 e. The number of phenolic OH excluding ortho intramolecular Hbond substituents is 1. The average molecular weight is 471 g/mol. The van der Waals surface area contributed by atoms with E-state index in [1.54, 1.807) is 18.2 Å². The van der Waals surface area contributed by atoms with E-state index in [4.69, 9.17) is 14.5 Å². The number of rotatable bonds is 3. The van der Waals surface area contributed by atoms with E-state index in [1.165, 1.54) is 22.3 Å². The fourth-order valence-electron chi connectivity index (χ4n) is 5.16. The highest BCUT2D eigenvalue weighted by Crippen LogP contribution is 2.46. The lowest BCUT2D eigenvalue weighted by Crippen LogP contribution is -2.09. The molecule has 2 atom stereocenters.